The largest absolute Gasteiger partial charge is 0.350 e. The number of anilines is 1. The second kappa shape index (κ2) is 7.48. The van der Waals surface area contributed by atoms with Crippen molar-refractivity contribution in [3.05, 3.63) is 65.7 Å². The Labute approximate surface area is 162 Å². The highest BCUT2D eigenvalue weighted by atomic mass is 16.5. The minimum absolute atomic E-state index is 0.443. The van der Waals surface area contributed by atoms with Crippen molar-refractivity contribution in [2.45, 2.75) is 26.4 Å². The van der Waals surface area contributed by atoms with Crippen LogP contribution in [-0.4, -0.2) is 31.7 Å². The lowest BCUT2D eigenvalue weighted by molar-refractivity contribution is 0.371. The molecule has 0 N–H and O–H groups in total. The first kappa shape index (κ1) is 17.7. The van der Waals surface area contributed by atoms with Crippen molar-refractivity contribution in [3.8, 4) is 6.07 Å². The Hall–Kier alpha value is -3.73. The van der Waals surface area contributed by atoms with E-state index in [-0.39, 0.29) is 0 Å². The van der Waals surface area contributed by atoms with E-state index in [2.05, 4.69) is 36.8 Å². The molecule has 0 unspecified atom stereocenters. The van der Waals surface area contributed by atoms with E-state index in [1.165, 1.54) is 0 Å². The van der Waals surface area contributed by atoms with Crippen LogP contribution in [0.3, 0.4) is 0 Å². The lowest BCUT2D eigenvalue weighted by Crippen LogP contribution is -2.17. The monoisotopic (exact) mass is 373 g/mol. The number of para-hydroxylation sites is 2. The van der Waals surface area contributed by atoms with E-state index in [1.807, 2.05) is 37.1 Å². The first-order valence-electron chi connectivity index (χ1n) is 8.94. The summed E-state index contributed by atoms with van der Waals surface area (Å²) in [5.74, 6) is 2.89. The maximum absolute atomic E-state index is 8.86. The van der Waals surface area contributed by atoms with Crippen LogP contribution in [0.4, 0.5) is 5.82 Å². The predicted octanol–water partition coefficient (Wildman–Crippen LogP) is 2.87. The molecule has 0 saturated carbocycles. The van der Waals surface area contributed by atoms with Crippen molar-refractivity contribution in [3.63, 3.8) is 0 Å². The molecule has 0 bridgehead atoms. The molecule has 1 aromatic carbocycles. The molecule has 0 fully saturated rings. The van der Waals surface area contributed by atoms with Crippen LogP contribution < -0.4 is 4.90 Å². The Balaban J connectivity index is 1.41. The Bertz CT molecular complexity index is 1140. The van der Waals surface area contributed by atoms with Crippen LogP contribution >= 0.6 is 0 Å². The average Bonchev–Trinajstić information content (AvgIpc) is 3.29. The molecular formula is C20H19N7O. The van der Waals surface area contributed by atoms with Gasteiger partial charge in [-0.1, -0.05) is 17.3 Å². The molecule has 3 aromatic heterocycles. The molecule has 0 aliphatic heterocycles. The Kier molecular flexibility index (Phi) is 4.72. The van der Waals surface area contributed by atoms with Gasteiger partial charge in [0.1, 0.15) is 17.7 Å². The van der Waals surface area contributed by atoms with Crippen molar-refractivity contribution < 1.29 is 4.52 Å². The standard InChI is InChI=1S/C20H19N7O/c1-14-23-16-5-3-4-6-17(16)27(14)10-9-18-24-20(28-25-18)13-26(2)19-8-7-15(11-21)12-22-19/h3-8,12H,9-10,13H2,1-2H3. The molecule has 8 heteroatoms. The van der Waals surface area contributed by atoms with Gasteiger partial charge in [0.05, 0.1) is 23.1 Å². The molecule has 0 aliphatic rings. The highest BCUT2D eigenvalue weighted by Crippen LogP contribution is 2.16. The van der Waals surface area contributed by atoms with Crippen molar-refractivity contribution in [1.29, 1.82) is 5.26 Å². The lowest BCUT2D eigenvalue weighted by atomic mass is 10.3. The number of nitrogens with zero attached hydrogens (tertiary/aromatic N) is 7. The van der Waals surface area contributed by atoms with E-state index in [1.54, 1.807) is 18.3 Å². The number of benzene rings is 1. The first-order chi connectivity index (χ1) is 13.6. The van der Waals surface area contributed by atoms with E-state index in [0.29, 0.717) is 30.2 Å². The van der Waals surface area contributed by atoms with Gasteiger partial charge in [0.15, 0.2) is 5.82 Å². The fourth-order valence-electron chi connectivity index (χ4n) is 3.11. The number of nitriles is 1. The molecule has 4 aromatic rings. The first-order valence-corrected chi connectivity index (χ1v) is 8.94. The van der Waals surface area contributed by atoms with E-state index in [9.17, 15) is 0 Å². The minimum Gasteiger partial charge on any atom is -0.350 e. The van der Waals surface area contributed by atoms with Crippen LogP contribution in [0.1, 0.15) is 23.1 Å². The second-order valence-electron chi connectivity index (χ2n) is 6.53. The van der Waals surface area contributed by atoms with Gasteiger partial charge in [-0.2, -0.15) is 10.2 Å². The molecule has 0 saturated heterocycles. The zero-order valence-electron chi connectivity index (χ0n) is 15.7. The third-order valence-corrected chi connectivity index (χ3v) is 4.56. The normalized spacial score (nSPS) is 10.9. The highest BCUT2D eigenvalue weighted by Gasteiger charge is 2.12. The molecule has 8 nitrogen and oxygen atoms in total. The average molecular weight is 373 g/mol. The van der Waals surface area contributed by atoms with Crippen LogP contribution in [0.2, 0.25) is 0 Å². The fourth-order valence-corrected chi connectivity index (χ4v) is 3.11. The van der Waals surface area contributed by atoms with Gasteiger partial charge in [0.2, 0.25) is 5.89 Å². The van der Waals surface area contributed by atoms with E-state index < -0.39 is 0 Å². The van der Waals surface area contributed by atoms with Crippen LogP contribution in [-0.2, 0) is 19.5 Å². The molecule has 140 valence electrons. The number of imidazole rings is 1. The Morgan fingerprint density at radius 3 is 2.82 bits per heavy atom. The van der Waals surface area contributed by atoms with Crippen molar-refractivity contribution in [1.82, 2.24) is 24.7 Å². The Morgan fingerprint density at radius 2 is 2.04 bits per heavy atom. The number of aromatic nitrogens is 5. The van der Waals surface area contributed by atoms with Gasteiger partial charge in [-0.25, -0.2) is 9.97 Å². The van der Waals surface area contributed by atoms with Gasteiger partial charge in [-0.3, -0.25) is 0 Å². The van der Waals surface area contributed by atoms with Gasteiger partial charge in [0.25, 0.3) is 0 Å². The second-order valence-corrected chi connectivity index (χ2v) is 6.53. The smallest absolute Gasteiger partial charge is 0.246 e. The quantitative estimate of drug-likeness (QED) is 0.512. The fraction of sp³-hybridized carbons (Fsp3) is 0.250. The number of aryl methyl sites for hydroxylation is 3. The third kappa shape index (κ3) is 3.55. The molecule has 3 heterocycles. The summed E-state index contributed by atoms with van der Waals surface area (Å²) in [4.78, 5) is 15.2. The maximum Gasteiger partial charge on any atom is 0.246 e. The van der Waals surface area contributed by atoms with Crippen LogP contribution in [0, 0.1) is 18.3 Å². The number of rotatable bonds is 6. The zero-order valence-corrected chi connectivity index (χ0v) is 15.7. The van der Waals surface area contributed by atoms with Crippen molar-refractivity contribution in [2.24, 2.45) is 0 Å². The molecule has 28 heavy (non-hydrogen) atoms. The number of hydrogen-bond donors (Lipinski definition) is 0. The number of hydrogen-bond acceptors (Lipinski definition) is 7. The van der Waals surface area contributed by atoms with E-state index >= 15 is 0 Å². The van der Waals surface area contributed by atoms with Gasteiger partial charge < -0.3 is 14.0 Å². The molecule has 4 rings (SSSR count). The summed E-state index contributed by atoms with van der Waals surface area (Å²) in [7, 11) is 1.89. The summed E-state index contributed by atoms with van der Waals surface area (Å²) in [5, 5.41) is 12.9. The van der Waals surface area contributed by atoms with E-state index in [4.69, 9.17) is 9.78 Å². The molecule has 0 amide bonds. The van der Waals surface area contributed by atoms with Crippen LogP contribution in [0.5, 0.6) is 0 Å². The van der Waals surface area contributed by atoms with Crippen LogP contribution in [0.25, 0.3) is 11.0 Å². The summed E-state index contributed by atoms with van der Waals surface area (Å²) in [6, 6.07) is 13.7. The SMILES string of the molecule is Cc1nc2ccccc2n1CCc1noc(CN(C)c2ccc(C#N)cn2)n1. The van der Waals surface area contributed by atoms with Gasteiger partial charge in [-0.05, 0) is 31.2 Å². The van der Waals surface area contributed by atoms with Crippen molar-refractivity contribution in [2.75, 3.05) is 11.9 Å². The number of fused-ring (bicyclic) bond motifs is 1. The summed E-state index contributed by atoms with van der Waals surface area (Å²) < 4.78 is 7.55. The highest BCUT2D eigenvalue weighted by molar-refractivity contribution is 5.75. The lowest BCUT2D eigenvalue weighted by Gasteiger charge is -2.15. The summed E-state index contributed by atoms with van der Waals surface area (Å²) >= 11 is 0. The molecule has 0 atom stereocenters. The molecular weight excluding hydrogens is 354 g/mol. The maximum atomic E-state index is 8.86. The van der Waals surface area contributed by atoms with Crippen molar-refractivity contribution >= 4 is 16.9 Å². The Morgan fingerprint density at radius 1 is 1.18 bits per heavy atom. The molecule has 0 spiro atoms. The zero-order chi connectivity index (χ0) is 19.5. The summed E-state index contributed by atoms with van der Waals surface area (Å²) in [6.07, 6.45) is 2.20. The summed E-state index contributed by atoms with van der Waals surface area (Å²) in [5.41, 5.74) is 2.63. The predicted molar refractivity (Wildman–Crippen MR) is 104 cm³/mol. The van der Waals surface area contributed by atoms with Crippen LogP contribution in [0.15, 0.2) is 47.1 Å². The van der Waals surface area contributed by atoms with Gasteiger partial charge in [0, 0.05) is 26.2 Å². The third-order valence-electron chi connectivity index (χ3n) is 4.56. The summed E-state index contributed by atoms with van der Waals surface area (Å²) in [6.45, 7) is 3.18. The minimum atomic E-state index is 0.443. The molecule has 0 aliphatic carbocycles. The molecule has 0 radical (unpaired) electrons. The topological polar surface area (TPSA) is 96.7 Å². The number of pyridine rings is 1. The van der Waals surface area contributed by atoms with Gasteiger partial charge >= 0.3 is 0 Å². The van der Waals surface area contributed by atoms with Gasteiger partial charge in [-0.15, -0.1) is 0 Å². The van der Waals surface area contributed by atoms with E-state index in [0.717, 1.165) is 29.2 Å².